The molecule has 2 heterocycles. The molecule has 1 aliphatic rings. The first-order valence-corrected chi connectivity index (χ1v) is 11.4. The molecule has 0 radical (unpaired) electrons. The maximum atomic E-state index is 12.5. The number of pyridine rings is 1. The van der Waals surface area contributed by atoms with Crippen molar-refractivity contribution in [2.45, 2.75) is 27.2 Å². The molecule has 0 aliphatic carbocycles. The molecule has 1 fully saturated rings. The number of aliphatic carboxylic acids is 1. The van der Waals surface area contributed by atoms with Crippen molar-refractivity contribution < 1.29 is 19.5 Å². The Kier molecular flexibility index (Phi) is 7.37. The summed E-state index contributed by atoms with van der Waals surface area (Å²) >= 11 is 2.23. The number of aromatic nitrogens is 1. The van der Waals surface area contributed by atoms with E-state index in [9.17, 15) is 19.5 Å². The first kappa shape index (κ1) is 24.0. The Morgan fingerprint density at radius 1 is 1.12 bits per heavy atom. The van der Waals surface area contributed by atoms with Gasteiger partial charge in [-0.05, 0) is 73.2 Å². The second kappa shape index (κ2) is 9.85. The summed E-state index contributed by atoms with van der Waals surface area (Å²) in [5.74, 6) is -0.609. The van der Waals surface area contributed by atoms with Crippen molar-refractivity contribution in [3.05, 3.63) is 51.2 Å². The van der Waals surface area contributed by atoms with Crippen molar-refractivity contribution in [2.24, 2.45) is 5.41 Å². The van der Waals surface area contributed by atoms with Crippen molar-refractivity contribution in [1.82, 2.24) is 9.88 Å². The highest BCUT2D eigenvalue weighted by Crippen LogP contribution is 2.23. The number of benzene rings is 1. The van der Waals surface area contributed by atoms with Gasteiger partial charge in [0.1, 0.15) is 5.82 Å². The first-order valence-electron chi connectivity index (χ1n) is 10.4. The Morgan fingerprint density at radius 3 is 2.38 bits per heavy atom. The van der Waals surface area contributed by atoms with Crippen LogP contribution in [-0.4, -0.2) is 59.0 Å². The number of carboxylic acid groups (broad SMARTS) is 1. The minimum Gasteiger partial charge on any atom is -0.481 e. The minimum atomic E-state index is -1.08. The highest BCUT2D eigenvalue weighted by Gasteiger charge is 2.33. The Hall–Kier alpha value is -2.69. The number of nitrogens with zero attached hydrogens (tertiary/aromatic N) is 3. The molecule has 1 aromatic heterocycles. The Bertz CT molecular complexity index is 1020. The van der Waals surface area contributed by atoms with Crippen LogP contribution in [0.2, 0.25) is 0 Å². The molecule has 0 saturated carbocycles. The Labute approximate surface area is 201 Å². The van der Waals surface area contributed by atoms with Crippen LogP contribution in [0.3, 0.4) is 0 Å². The molecule has 170 valence electrons. The zero-order chi connectivity index (χ0) is 23.5. The third-order valence-electron chi connectivity index (χ3n) is 5.57. The summed E-state index contributed by atoms with van der Waals surface area (Å²) in [6, 6.07) is 9.30. The smallest absolute Gasteiger partial charge is 0.309 e. The number of piperazine rings is 1. The highest BCUT2D eigenvalue weighted by molar-refractivity contribution is 14.1. The predicted octanol–water partition coefficient (Wildman–Crippen LogP) is 3.40. The van der Waals surface area contributed by atoms with E-state index in [4.69, 9.17) is 0 Å². The number of amides is 2. The van der Waals surface area contributed by atoms with Gasteiger partial charge in [-0.25, -0.2) is 4.98 Å². The summed E-state index contributed by atoms with van der Waals surface area (Å²) in [6.45, 7) is 7.34. The zero-order valence-electron chi connectivity index (χ0n) is 18.4. The van der Waals surface area contributed by atoms with Crippen LogP contribution < -0.4 is 10.2 Å². The van der Waals surface area contributed by atoms with Gasteiger partial charge in [0.25, 0.3) is 5.91 Å². The summed E-state index contributed by atoms with van der Waals surface area (Å²) in [6.07, 6.45) is 1.53. The second-order valence-corrected chi connectivity index (χ2v) is 9.72. The van der Waals surface area contributed by atoms with Gasteiger partial charge in [-0.3, -0.25) is 14.4 Å². The van der Waals surface area contributed by atoms with Crippen LogP contribution in [0.4, 0.5) is 11.5 Å². The van der Waals surface area contributed by atoms with Crippen molar-refractivity contribution >= 4 is 51.9 Å². The average molecular weight is 550 g/mol. The summed E-state index contributed by atoms with van der Waals surface area (Å²) in [5.41, 5.74) is 1.28. The molecule has 2 N–H and O–H groups in total. The number of nitrogens with one attached hydrogen (secondary N) is 1. The molecule has 0 spiro atoms. The zero-order valence-corrected chi connectivity index (χ0v) is 20.5. The number of rotatable bonds is 6. The van der Waals surface area contributed by atoms with E-state index >= 15 is 0 Å². The maximum absolute atomic E-state index is 12.5. The lowest BCUT2D eigenvalue weighted by atomic mass is 9.89. The number of hydrogen-bond acceptors (Lipinski definition) is 5. The highest BCUT2D eigenvalue weighted by atomic mass is 127. The maximum Gasteiger partial charge on any atom is 0.309 e. The molecular formula is C23H27IN4O4. The summed E-state index contributed by atoms with van der Waals surface area (Å²) in [7, 11) is 0. The Balaban J connectivity index is 1.55. The topological polar surface area (TPSA) is 103 Å². The van der Waals surface area contributed by atoms with Crippen molar-refractivity contribution in [1.29, 1.82) is 0 Å². The molecule has 3 rings (SSSR count). The van der Waals surface area contributed by atoms with Gasteiger partial charge >= 0.3 is 5.97 Å². The van der Waals surface area contributed by atoms with Crippen LogP contribution in [0.25, 0.3) is 0 Å². The van der Waals surface area contributed by atoms with Gasteiger partial charge in [0, 0.05) is 48.1 Å². The minimum absolute atomic E-state index is 0.0234. The van der Waals surface area contributed by atoms with Crippen LogP contribution in [0.5, 0.6) is 0 Å². The quantitative estimate of drug-likeness (QED) is 0.535. The predicted molar refractivity (Wildman–Crippen MR) is 131 cm³/mol. The molecule has 2 aromatic rings. The van der Waals surface area contributed by atoms with Crippen LogP contribution in [-0.2, 0) is 9.59 Å². The number of carbonyl (C=O) groups excluding carboxylic acids is 2. The number of carbonyl (C=O) groups is 3. The summed E-state index contributed by atoms with van der Waals surface area (Å²) < 4.78 is 1.08. The molecular weight excluding hydrogens is 523 g/mol. The van der Waals surface area contributed by atoms with Gasteiger partial charge < -0.3 is 20.2 Å². The molecule has 0 atom stereocenters. The van der Waals surface area contributed by atoms with E-state index in [2.05, 4.69) is 37.8 Å². The van der Waals surface area contributed by atoms with Gasteiger partial charge in [0.15, 0.2) is 0 Å². The van der Waals surface area contributed by atoms with E-state index in [0.717, 1.165) is 20.6 Å². The molecule has 2 amide bonds. The standard InChI is InChI=1S/C23H27IN4O4/c1-15-4-6-17(12-18(15)24)26-21(30)16-5-7-19(25-14-16)27-8-10-28(11-9-27)20(29)13-23(2,3)22(31)32/h4-7,12,14H,8-11,13H2,1-3H3,(H,26,30)(H,31,32). The normalized spacial score (nSPS) is 14.2. The van der Waals surface area contributed by atoms with Crippen LogP contribution >= 0.6 is 22.6 Å². The molecule has 1 aromatic carbocycles. The SMILES string of the molecule is Cc1ccc(NC(=O)c2ccc(N3CCN(C(=O)CC(C)(C)C(=O)O)CC3)nc2)cc1I. The Morgan fingerprint density at radius 2 is 1.81 bits per heavy atom. The van der Waals surface area contributed by atoms with Gasteiger partial charge in [0.2, 0.25) is 5.91 Å². The van der Waals surface area contributed by atoms with E-state index in [1.165, 1.54) is 0 Å². The molecule has 32 heavy (non-hydrogen) atoms. The fourth-order valence-electron chi connectivity index (χ4n) is 3.33. The lowest BCUT2D eigenvalue weighted by Crippen LogP contribution is -2.50. The number of hydrogen-bond donors (Lipinski definition) is 2. The van der Waals surface area contributed by atoms with E-state index in [1.54, 1.807) is 37.1 Å². The van der Waals surface area contributed by atoms with Gasteiger partial charge in [0.05, 0.1) is 11.0 Å². The molecule has 8 nitrogen and oxygen atoms in total. The fraction of sp³-hybridized carbons (Fsp3) is 0.391. The van der Waals surface area contributed by atoms with Crippen LogP contribution in [0, 0.1) is 15.9 Å². The number of anilines is 2. The monoisotopic (exact) mass is 550 g/mol. The lowest BCUT2D eigenvalue weighted by Gasteiger charge is -2.36. The summed E-state index contributed by atoms with van der Waals surface area (Å²) in [5, 5.41) is 12.1. The van der Waals surface area contributed by atoms with Crippen molar-refractivity contribution in [3.63, 3.8) is 0 Å². The number of aryl methyl sites for hydroxylation is 1. The van der Waals surface area contributed by atoms with Gasteiger partial charge in [-0.15, -0.1) is 0 Å². The molecule has 1 aliphatic heterocycles. The third-order valence-corrected chi connectivity index (χ3v) is 6.73. The van der Waals surface area contributed by atoms with E-state index in [-0.39, 0.29) is 18.2 Å². The average Bonchev–Trinajstić information content (AvgIpc) is 2.76. The number of halogens is 1. The molecule has 1 saturated heterocycles. The van der Waals surface area contributed by atoms with E-state index < -0.39 is 11.4 Å². The van der Waals surface area contributed by atoms with E-state index in [0.29, 0.717) is 31.7 Å². The van der Waals surface area contributed by atoms with Crippen molar-refractivity contribution in [2.75, 3.05) is 36.4 Å². The molecule has 9 heteroatoms. The third kappa shape index (κ3) is 5.76. The van der Waals surface area contributed by atoms with Crippen LogP contribution in [0.15, 0.2) is 36.5 Å². The lowest BCUT2D eigenvalue weighted by molar-refractivity contribution is -0.151. The van der Waals surface area contributed by atoms with E-state index in [1.807, 2.05) is 25.1 Å². The van der Waals surface area contributed by atoms with Gasteiger partial charge in [-0.2, -0.15) is 0 Å². The second-order valence-electron chi connectivity index (χ2n) is 8.56. The van der Waals surface area contributed by atoms with Crippen LogP contribution in [0.1, 0.15) is 36.2 Å². The fourth-order valence-corrected chi connectivity index (χ4v) is 3.85. The summed E-state index contributed by atoms with van der Waals surface area (Å²) in [4.78, 5) is 44.4. The largest absolute Gasteiger partial charge is 0.481 e. The van der Waals surface area contributed by atoms with Crippen molar-refractivity contribution in [3.8, 4) is 0 Å². The number of carboxylic acids is 1. The molecule has 0 unspecified atom stereocenters. The molecule has 0 bridgehead atoms. The van der Waals surface area contributed by atoms with Gasteiger partial charge in [-0.1, -0.05) is 6.07 Å². The first-order chi connectivity index (χ1) is 15.1.